The number of halogens is 2. The van der Waals surface area contributed by atoms with Gasteiger partial charge in [-0.1, -0.05) is 0 Å². The number of hydrogen-bond acceptors (Lipinski definition) is 2. The zero-order chi connectivity index (χ0) is 9.19. The summed E-state index contributed by atoms with van der Waals surface area (Å²) in [7, 11) is 0. The fourth-order valence-corrected chi connectivity index (χ4v) is 0.740. The molecule has 1 aromatic heterocycles. The minimum absolute atomic E-state index is 0.196. The van der Waals surface area contributed by atoms with Gasteiger partial charge in [0.1, 0.15) is 5.69 Å². The van der Waals surface area contributed by atoms with E-state index in [9.17, 15) is 8.78 Å². The molecule has 0 bridgehead atoms. The predicted octanol–water partition coefficient (Wildman–Crippen LogP) is 2.06. The minimum atomic E-state index is -2.98. The molecule has 62 valence electrons. The van der Waals surface area contributed by atoms with Crippen molar-refractivity contribution in [2.75, 3.05) is 0 Å². The number of alkyl halides is 2. The van der Waals surface area contributed by atoms with Gasteiger partial charge in [-0.2, -0.15) is 14.0 Å². The Morgan fingerprint density at radius 2 is 2.25 bits per heavy atom. The third kappa shape index (κ3) is 1.76. The Balaban J connectivity index is 3.13. The smallest absolute Gasteiger partial charge is 0.255 e. The zero-order valence-corrected chi connectivity index (χ0v) is 6.38. The maximum Gasteiger partial charge on any atom is 0.287 e. The van der Waals surface area contributed by atoms with Crippen molar-refractivity contribution in [2.45, 2.75) is 12.8 Å². The van der Waals surface area contributed by atoms with Crippen LogP contribution in [0.3, 0.4) is 0 Å². The van der Waals surface area contributed by atoms with Crippen LogP contribution in [0.5, 0.6) is 0 Å². The van der Waals surface area contributed by atoms with Gasteiger partial charge in [0, 0.05) is 13.1 Å². The highest BCUT2D eigenvalue weighted by Crippen LogP contribution is 2.24. The molecule has 0 atom stereocenters. The molecule has 0 aliphatic rings. The molecule has 0 N–H and O–H groups in total. The van der Waals surface area contributed by atoms with Gasteiger partial charge >= 0.3 is 0 Å². The Hall–Kier alpha value is -1.50. The van der Waals surface area contributed by atoms with Crippen LogP contribution in [0.2, 0.25) is 0 Å². The third-order valence-electron chi connectivity index (χ3n) is 1.34. The summed E-state index contributed by atoms with van der Waals surface area (Å²) in [5.41, 5.74) is -0.178. The van der Waals surface area contributed by atoms with Gasteiger partial charge in [-0.15, -0.1) is 0 Å². The van der Waals surface area contributed by atoms with Crippen molar-refractivity contribution in [3.05, 3.63) is 29.6 Å². The first-order valence-corrected chi connectivity index (χ1v) is 3.28. The van der Waals surface area contributed by atoms with E-state index in [1.165, 1.54) is 12.3 Å². The lowest BCUT2D eigenvalue weighted by atomic mass is 10.2. The summed E-state index contributed by atoms with van der Waals surface area (Å²) in [5, 5.41) is 8.41. The van der Waals surface area contributed by atoms with E-state index < -0.39 is 5.92 Å². The Bertz CT molecular complexity index is 323. The highest BCUT2D eigenvalue weighted by Gasteiger charge is 2.25. The standard InChI is InChI=1S/C8H6F2N2/c1-8(9,10)7-4-6(5-11)2-3-12-7/h2-4H,1H3. The van der Waals surface area contributed by atoms with Crippen LogP contribution < -0.4 is 0 Å². The molecule has 0 fully saturated rings. The van der Waals surface area contributed by atoms with Crippen molar-refractivity contribution in [2.24, 2.45) is 0 Å². The number of hydrogen-bond donors (Lipinski definition) is 0. The normalized spacial score (nSPS) is 10.8. The van der Waals surface area contributed by atoms with Crippen LogP contribution >= 0.6 is 0 Å². The van der Waals surface area contributed by atoms with Gasteiger partial charge in [-0.3, -0.25) is 4.98 Å². The molecule has 1 aromatic rings. The predicted molar refractivity (Wildman–Crippen MR) is 38.5 cm³/mol. The summed E-state index contributed by atoms with van der Waals surface area (Å²) in [4.78, 5) is 3.46. The number of aromatic nitrogens is 1. The summed E-state index contributed by atoms with van der Waals surface area (Å²) in [6.45, 7) is 0.747. The van der Waals surface area contributed by atoms with Crippen molar-refractivity contribution in [1.29, 1.82) is 5.26 Å². The quantitative estimate of drug-likeness (QED) is 0.643. The SMILES string of the molecule is CC(F)(F)c1cc(C#N)ccn1. The lowest BCUT2D eigenvalue weighted by molar-refractivity contribution is 0.0127. The van der Waals surface area contributed by atoms with Gasteiger partial charge < -0.3 is 0 Å². The first-order chi connectivity index (χ1) is 5.54. The van der Waals surface area contributed by atoms with Crippen LogP contribution in [0.1, 0.15) is 18.2 Å². The zero-order valence-electron chi connectivity index (χ0n) is 6.38. The Labute approximate surface area is 68.5 Å². The van der Waals surface area contributed by atoms with E-state index in [0.717, 1.165) is 13.0 Å². The molecule has 0 aliphatic heterocycles. The molecule has 0 aliphatic carbocycles. The van der Waals surface area contributed by atoms with E-state index in [-0.39, 0.29) is 11.3 Å². The van der Waals surface area contributed by atoms with Crippen LogP contribution in [0.4, 0.5) is 8.78 Å². The second-order valence-electron chi connectivity index (χ2n) is 2.43. The van der Waals surface area contributed by atoms with Gasteiger partial charge in [-0.25, -0.2) is 0 Å². The molecule has 0 unspecified atom stereocenters. The molecular formula is C8H6F2N2. The Morgan fingerprint density at radius 1 is 1.58 bits per heavy atom. The molecule has 0 radical (unpaired) electrons. The second kappa shape index (κ2) is 2.86. The van der Waals surface area contributed by atoms with E-state index >= 15 is 0 Å². The monoisotopic (exact) mass is 168 g/mol. The van der Waals surface area contributed by atoms with Crippen molar-refractivity contribution < 1.29 is 8.78 Å². The van der Waals surface area contributed by atoms with Crippen LogP contribution in [0.15, 0.2) is 18.3 Å². The first kappa shape index (κ1) is 8.60. The highest BCUT2D eigenvalue weighted by atomic mass is 19.3. The molecular weight excluding hydrogens is 162 g/mol. The molecule has 0 aromatic carbocycles. The average Bonchev–Trinajstić information content (AvgIpc) is 2.03. The van der Waals surface area contributed by atoms with Crippen molar-refractivity contribution in [1.82, 2.24) is 4.98 Å². The van der Waals surface area contributed by atoms with Gasteiger partial charge in [0.2, 0.25) is 0 Å². The molecule has 12 heavy (non-hydrogen) atoms. The fourth-order valence-electron chi connectivity index (χ4n) is 0.740. The maximum atomic E-state index is 12.6. The molecule has 1 heterocycles. The van der Waals surface area contributed by atoms with E-state index in [1.54, 1.807) is 6.07 Å². The van der Waals surface area contributed by atoms with Gasteiger partial charge in [0.25, 0.3) is 5.92 Å². The molecule has 0 spiro atoms. The minimum Gasteiger partial charge on any atom is -0.255 e. The van der Waals surface area contributed by atoms with Crippen molar-refractivity contribution in [3.63, 3.8) is 0 Å². The Kier molecular flexibility index (Phi) is 2.05. The maximum absolute atomic E-state index is 12.6. The van der Waals surface area contributed by atoms with Gasteiger partial charge in [0.05, 0.1) is 11.6 Å². The van der Waals surface area contributed by atoms with E-state index in [2.05, 4.69) is 4.98 Å². The number of pyridine rings is 1. The highest BCUT2D eigenvalue weighted by molar-refractivity contribution is 5.29. The fraction of sp³-hybridized carbons (Fsp3) is 0.250. The third-order valence-corrected chi connectivity index (χ3v) is 1.34. The number of nitriles is 1. The topological polar surface area (TPSA) is 36.7 Å². The molecule has 2 nitrogen and oxygen atoms in total. The number of rotatable bonds is 1. The number of nitrogens with zero attached hydrogens (tertiary/aromatic N) is 2. The molecule has 4 heteroatoms. The molecule has 0 amide bonds. The van der Waals surface area contributed by atoms with Crippen molar-refractivity contribution >= 4 is 0 Å². The Morgan fingerprint density at radius 3 is 2.75 bits per heavy atom. The first-order valence-electron chi connectivity index (χ1n) is 3.28. The molecule has 1 rings (SSSR count). The lowest BCUT2D eigenvalue weighted by Gasteiger charge is -2.08. The molecule has 0 saturated heterocycles. The largest absolute Gasteiger partial charge is 0.287 e. The molecule has 0 saturated carbocycles. The lowest BCUT2D eigenvalue weighted by Crippen LogP contribution is -2.09. The van der Waals surface area contributed by atoms with Crippen LogP contribution in [0, 0.1) is 11.3 Å². The van der Waals surface area contributed by atoms with Gasteiger partial charge in [-0.05, 0) is 12.1 Å². The summed E-state index contributed by atoms with van der Waals surface area (Å²) < 4.78 is 25.2. The summed E-state index contributed by atoms with van der Waals surface area (Å²) in [6, 6.07) is 4.23. The summed E-state index contributed by atoms with van der Waals surface area (Å²) in [5.74, 6) is -2.98. The van der Waals surface area contributed by atoms with Crippen LogP contribution in [-0.2, 0) is 5.92 Å². The van der Waals surface area contributed by atoms with E-state index in [1.807, 2.05) is 0 Å². The van der Waals surface area contributed by atoms with E-state index in [0.29, 0.717) is 0 Å². The van der Waals surface area contributed by atoms with Crippen LogP contribution in [-0.4, -0.2) is 4.98 Å². The van der Waals surface area contributed by atoms with Crippen molar-refractivity contribution in [3.8, 4) is 6.07 Å². The second-order valence-corrected chi connectivity index (χ2v) is 2.43. The van der Waals surface area contributed by atoms with Crippen LogP contribution in [0.25, 0.3) is 0 Å². The average molecular weight is 168 g/mol. The summed E-state index contributed by atoms with van der Waals surface area (Å²) in [6.07, 6.45) is 1.20. The van der Waals surface area contributed by atoms with E-state index in [4.69, 9.17) is 5.26 Å². The van der Waals surface area contributed by atoms with Gasteiger partial charge in [0.15, 0.2) is 0 Å². The summed E-state index contributed by atoms with van der Waals surface area (Å²) >= 11 is 0.